The first-order chi connectivity index (χ1) is 11.6. The maximum Gasteiger partial charge on any atom is 0.416 e. The summed E-state index contributed by atoms with van der Waals surface area (Å²) in [7, 11) is 0. The number of nitriles is 1. The second-order valence-electron chi connectivity index (χ2n) is 5.58. The molecule has 0 aromatic heterocycles. The van der Waals surface area contributed by atoms with Crippen LogP contribution in [0.4, 0.5) is 30.7 Å². The van der Waals surface area contributed by atoms with Gasteiger partial charge in [0, 0.05) is 31.7 Å². The van der Waals surface area contributed by atoms with Crippen molar-refractivity contribution >= 4 is 24.8 Å². The van der Waals surface area contributed by atoms with Crippen LogP contribution in [0.25, 0.3) is 0 Å². The lowest BCUT2D eigenvalue weighted by atomic mass is 9.93. The van der Waals surface area contributed by atoms with E-state index in [0.717, 1.165) is 0 Å². The number of nitrogens with zero attached hydrogens (tertiary/aromatic N) is 2. The molecule has 3 nitrogen and oxygen atoms in total. The van der Waals surface area contributed by atoms with Crippen LogP contribution >= 0.6 is 24.8 Å². The van der Waals surface area contributed by atoms with Crippen molar-refractivity contribution in [3.8, 4) is 6.07 Å². The second-order valence-corrected chi connectivity index (χ2v) is 5.58. The quantitative estimate of drug-likeness (QED) is 0.698. The topological polar surface area (TPSA) is 39.1 Å². The Bertz CT molecular complexity index is 665. The van der Waals surface area contributed by atoms with Crippen molar-refractivity contribution in [2.75, 3.05) is 26.2 Å². The Kier molecular flexibility index (Phi) is 9.31. The predicted octanol–water partition coefficient (Wildman–Crippen LogP) is 4.57. The minimum atomic E-state index is -5.18. The normalized spacial score (nSPS) is 16.7. The van der Waals surface area contributed by atoms with Gasteiger partial charge in [-0.3, -0.25) is 4.90 Å². The van der Waals surface area contributed by atoms with Crippen LogP contribution in [0.2, 0.25) is 0 Å². The molecule has 0 unspecified atom stereocenters. The number of rotatable bonds is 3. The fraction of sp³-hybridized carbons (Fsp3) is 0.533. The maximum atomic E-state index is 14.3. The molecule has 0 radical (unpaired) electrons. The summed E-state index contributed by atoms with van der Waals surface area (Å²) in [5.74, 6) is -1.61. The Morgan fingerprint density at radius 1 is 1.04 bits per heavy atom. The van der Waals surface area contributed by atoms with E-state index < -0.39 is 47.3 Å². The summed E-state index contributed by atoms with van der Waals surface area (Å²) < 4.78 is 92.6. The van der Waals surface area contributed by atoms with Gasteiger partial charge in [-0.1, -0.05) is 0 Å². The van der Waals surface area contributed by atoms with Gasteiger partial charge in [0.1, 0.15) is 5.82 Å². The average Bonchev–Trinajstić information content (AvgIpc) is 2.51. The van der Waals surface area contributed by atoms with Crippen molar-refractivity contribution in [2.45, 2.75) is 24.8 Å². The third-order valence-corrected chi connectivity index (χ3v) is 3.97. The summed E-state index contributed by atoms with van der Waals surface area (Å²) in [6, 6.07) is 0.384. The molecule has 12 heteroatoms. The molecule has 1 saturated heterocycles. The summed E-state index contributed by atoms with van der Waals surface area (Å²) >= 11 is 0. The number of hydrogen-bond donors (Lipinski definition) is 1. The summed E-state index contributed by atoms with van der Waals surface area (Å²) in [6.07, 6.45) is -10.8. The van der Waals surface area contributed by atoms with Crippen LogP contribution in [0.5, 0.6) is 0 Å². The smallest absolute Gasteiger partial charge is 0.314 e. The van der Waals surface area contributed by atoms with Crippen LogP contribution < -0.4 is 5.32 Å². The van der Waals surface area contributed by atoms with Gasteiger partial charge in [-0.2, -0.15) is 31.6 Å². The summed E-state index contributed by atoms with van der Waals surface area (Å²) in [5.41, 5.74) is -4.32. The number of alkyl halides is 6. The predicted molar refractivity (Wildman–Crippen MR) is 88.3 cm³/mol. The standard InChI is InChI=1S/C15H14F7N3.2ClH/c16-11-8-9(14(17,18)19)7-10(15(20,21)22)13(11)12(1-2-23)25-5-3-24-4-6-25;;/h7-8,12,24H,1,3-6H2;2*1H/t12-;;/m0../s1. The van der Waals surface area contributed by atoms with Crippen LogP contribution in [0.3, 0.4) is 0 Å². The first-order valence-electron chi connectivity index (χ1n) is 7.35. The third-order valence-electron chi connectivity index (χ3n) is 3.97. The van der Waals surface area contributed by atoms with E-state index in [1.54, 1.807) is 6.07 Å². The molecule has 1 aromatic carbocycles. The van der Waals surface area contributed by atoms with E-state index in [4.69, 9.17) is 5.26 Å². The van der Waals surface area contributed by atoms with Gasteiger partial charge in [-0.05, 0) is 12.1 Å². The van der Waals surface area contributed by atoms with Gasteiger partial charge in [-0.25, -0.2) is 4.39 Å². The fourth-order valence-corrected chi connectivity index (χ4v) is 2.85. The molecule has 1 heterocycles. The van der Waals surface area contributed by atoms with E-state index in [1.807, 2.05) is 0 Å². The molecule has 27 heavy (non-hydrogen) atoms. The molecular formula is C15H16Cl2F7N3. The van der Waals surface area contributed by atoms with E-state index in [0.29, 0.717) is 13.1 Å². The van der Waals surface area contributed by atoms with Crippen molar-refractivity contribution in [2.24, 2.45) is 0 Å². The van der Waals surface area contributed by atoms with E-state index in [1.165, 1.54) is 4.90 Å². The third kappa shape index (κ3) is 6.10. The Morgan fingerprint density at radius 2 is 1.59 bits per heavy atom. The molecule has 1 fully saturated rings. The van der Waals surface area contributed by atoms with Crippen molar-refractivity contribution in [1.29, 1.82) is 5.26 Å². The highest BCUT2D eigenvalue weighted by Crippen LogP contribution is 2.42. The van der Waals surface area contributed by atoms with Crippen molar-refractivity contribution < 1.29 is 30.7 Å². The van der Waals surface area contributed by atoms with Gasteiger partial charge in [-0.15, -0.1) is 24.8 Å². The average molecular weight is 442 g/mol. The Balaban J connectivity index is 0.00000338. The summed E-state index contributed by atoms with van der Waals surface area (Å²) in [5, 5.41) is 11.9. The molecular weight excluding hydrogens is 426 g/mol. The molecule has 1 aromatic rings. The highest BCUT2D eigenvalue weighted by molar-refractivity contribution is 5.85. The molecule has 1 N–H and O–H groups in total. The molecule has 1 aliphatic heterocycles. The van der Waals surface area contributed by atoms with Gasteiger partial charge in [0.2, 0.25) is 0 Å². The van der Waals surface area contributed by atoms with Crippen molar-refractivity contribution in [1.82, 2.24) is 10.2 Å². The Labute approximate surface area is 163 Å². The van der Waals surface area contributed by atoms with Crippen LogP contribution in [-0.4, -0.2) is 31.1 Å². The van der Waals surface area contributed by atoms with Gasteiger partial charge in [0.05, 0.1) is 29.7 Å². The molecule has 2 rings (SSSR count). The second kappa shape index (κ2) is 9.78. The first-order valence-corrected chi connectivity index (χ1v) is 7.35. The SMILES string of the molecule is Cl.Cl.N#CC[C@@H](c1c(F)cc(C(F)(F)F)cc1C(F)(F)F)N1CCNCC1. The molecule has 1 aliphatic rings. The van der Waals surface area contributed by atoms with Gasteiger partial charge < -0.3 is 5.32 Å². The number of nitrogens with one attached hydrogen (secondary N) is 1. The summed E-state index contributed by atoms with van der Waals surface area (Å²) in [4.78, 5) is 1.47. The van der Waals surface area contributed by atoms with Gasteiger partial charge in [0.15, 0.2) is 0 Å². The number of piperazine rings is 1. The van der Waals surface area contributed by atoms with Crippen LogP contribution in [0, 0.1) is 17.1 Å². The lowest BCUT2D eigenvalue weighted by Crippen LogP contribution is -2.45. The van der Waals surface area contributed by atoms with E-state index in [-0.39, 0.29) is 50.0 Å². The van der Waals surface area contributed by atoms with Gasteiger partial charge in [0.25, 0.3) is 0 Å². The Hall–Kier alpha value is -1.28. The van der Waals surface area contributed by atoms with E-state index in [9.17, 15) is 30.7 Å². The lowest BCUT2D eigenvalue weighted by Gasteiger charge is -2.35. The molecule has 0 aliphatic carbocycles. The first kappa shape index (κ1) is 25.7. The molecule has 1 atom stereocenters. The number of benzene rings is 1. The van der Waals surface area contributed by atoms with Crippen LogP contribution in [0.15, 0.2) is 12.1 Å². The number of hydrogen-bond acceptors (Lipinski definition) is 3. The largest absolute Gasteiger partial charge is 0.416 e. The molecule has 0 amide bonds. The highest BCUT2D eigenvalue weighted by atomic mass is 35.5. The minimum Gasteiger partial charge on any atom is -0.314 e. The van der Waals surface area contributed by atoms with Gasteiger partial charge >= 0.3 is 12.4 Å². The molecule has 0 bridgehead atoms. The summed E-state index contributed by atoms with van der Waals surface area (Å²) in [6.45, 7) is 1.35. The molecule has 154 valence electrons. The zero-order chi connectivity index (χ0) is 18.8. The van der Waals surface area contributed by atoms with Crippen molar-refractivity contribution in [3.63, 3.8) is 0 Å². The lowest BCUT2D eigenvalue weighted by molar-refractivity contribution is -0.144. The van der Waals surface area contributed by atoms with E-state index in [2.05, 4.69) is 5.32 Å². The maximum absolute atomic E-state index is 14.3. The van der Waals surface area contributed by atoms with E-state index >= 15 is 0 Å². The highest BCUT2D eigenvalue weighted by Gasteiger charge is 2.42. The van der Waals surface area contributed by atoms with Crippen LogP contribution in [0.1, 0.15) is 29.2 Å². The number of halogens is 9. The molecule has 0 saturated carbocycles. The molecule has 0 spiro atoms. The van der Waals surface area contributed by atoms with Crippen molar-refractivity contribution in [3.05, 3.63) is 34.6 Å². The monoisotopic (exact) mass is 441 g/mol. The van der Waals surface area contributed by atoms with Crippen LogP contribution in [-0.2, 0) is 12.4 Å². The minimum absolute atomic E-state index is 0. The zero-order valence-corrected chi connectivity index (χ0v) is 15.3. The Morgan fingerprint density at radius 3 is 2.04 bits per heavy atom. The fourth-order valence-electron chi connectivity index (χ4n) is 2.85. The zero-order valence-electron chi connectivity index (χ0n) is 13.6.